The van der Waals surface area contributed by atoms with Crippen molar-refractivity contribution in [3.8, 4) is 0 Å². The van der Waals surface area contributed by atoms with Crippen molar-refractivity contribution in [1.82, 2.24) is 14.2 Å². The fourth-order valence-electron chi connectivity index (χ4n) is 3.39. The molecule has 1 amide bonds. The van der Waals surface area contributed by atoms with Gasteiger partial charge in [0.25, 0.3) is 0 Å². The van der Waals surface area contributed by atoms with Gasteiger partial charge in [0.15, 0.2) is 0 Å². The highest BCUT2D eigenvalue weighted by atomic mass is 32.2. The second-order valence-electron chi connectivity index (χ2n) is 7.01. The number of fused-ring (bicyclic) bond motifs is 1. The molecule has 1 atom stereocenters. The molecule has 4 rings (SSSR count). The van der Waals surface area contributed by atoms with E-state index in [0.717, 1.165) is 36.6 Å². The van der Waals surface area contributed by atoms with E-state index in [9.17, 15) is 13.2 Å². The molecule has 1 aromatic heterocycles. The number of nitrogens with one attached hydrogen (secondary N) is 1. The number of carbonyl (C=O) groups excluding carboxylic acids is 1. The van der Waals surface area contributed by atoms with Crippen molar-refractivity contribution in [2.45, 2.75) is 49.6 Å². The minimum Gasteiger partial charge on any atom is -0.352 e. The molecule has 2 aromatic rings. The van der Waals surface area contributed by atoms with Gasteiger partial charge in [-0.3, -0.25) is 4.79 Å². The highest BCUT2D eigenvalue weighted by Gasteiger charge is 2.28. The van der Waals surface area contributed by atoms with Crippen LogP contribution in [0, 0.1) is 0 Å². The van der Waals surface area contributed by atoms with E-state index >= 15 is 0 Å². The molecule has 2 aliphatic rings. The minimum absolute atomic E-state index is 0.00812. The highest BCUT2D eigenvalue weighted by molar-refractivity contribution is 7.89. The van der Waals surface area contributed by atoms with Crippen LogP contribution in [-0.4, -0.2) is 42.3 Å². The summed E-state index contributed by atoms with van der Waals surface area (Å²) in [5.41, 5.74) is 0.874. The Kier molecular flexibility index (Phi) is 4.08. The Morgan fingerprint density at radius 3 is 2.60 bits per heavy atom. The average Bonchev–Trinajstić information content (AvgIpc) is 3.10. The smallest absolute Gasteiger partial charge is 0.243 e. The Morgan fingerprint density at radius 2 is 1.92 bits per heavy atom. The van der Waals surface area contributed by atoms with E-state index in [1.807, 2.05) is 23.8 Å². The van der Waals surface area contributed by atoms with E-state index in [1.54, 1.807) is 22.5 Å². The number of sulfonamides is 1. The fraction of sp³-hybridized carbons (Fsp3) is 0.500. The molecular weight excluding hydrogens is 338 g/mol. The molecule has 1 aromatic carbocycles. The minimum atomic E-state index is -3.42. The first-order chi connectivity index (χ1) is 12.0. The summed E-state index contributed by atoms with van der Waals surface area (Å²) in [6, 6.07) is 7.05. The number of nitrogens with zero attached hydrogens (tertiary/aromatic N) is 2. The van der Waals surface area contributed by atoms with Gasteiger partial charge in [0.2, 0.25) is 15.9 Å². The Hall–Kier alpha value is -1.86. The van der Waals surface area contributed by atoms with Crippen LogP contribution in [0.25, 0.3) is 10.9 Å². The topological polar surface area (TPSA) is 71.4 Å². The summed E-state index contributed by atoms with van der Waals surface area (Å²) in [7, 11) is -3.42. The molecule has 1 saturated carbocycles. The monoisotopic (exact) mass is 361 g/mol. The molecule has 0 spiro atoms. The van der Waals surface area contributed by atoms with Crippen molar-refractivity contribution in [2.24, 2.45) is 0 Å². The maximum absolute atomic E-state index is 12.7. The van der Waals surface area contributed by atoms with Gasteiger partial charge in [-0.1, -0.05) is 0 Å². The third kappa shape index (κ3) is 3.06. The largest absolute Gasteiger partial charge is 0.352 e. The Balaban J connectivity index is 1.63. The standard InChI is InChI=1S/C18H23N3O3S/c1-13(18(22)19-15-4-5-15)21-11-8-14-12-16(6-7-17(14)21)25(23,24)20-9-2-3-10-20/h6-8,11-13,15H,2-5,9-10H2,1H3,(H,19,22). The summed E-state index contributed by atoms with van der Waals surface area (Å²) in [6.45, 7) is 3.06. The van der Waals surface area contributed by atoms with Crippen LogP contribution in [0.15, 0.2) is 35.4 Å². The molecule has 1 N–H and O–H groups in total. The van der Waals surface area contributed by atoms with Crippen LogP contribution in [0.3, 0.4) is 0 Å². The summed E-state index contributed by atoms with van der Waals surface area (Å²) in [4.78, 5) is 12.6. The quantitative estimate of drug-likeness (QED) is 0.888. The molecule has 0 bridgehead atoms. The van der Waals surface area contributed by atoms with Crippen LogP contribution in [0.1, 0.15) is 38.6 Å². The lowest BCUT2D eigenvalue weighted by molar-refractivity contribution is -0.123. The van der Waals surface area contributed by atoms with E-state index in [1.165, 1.54) is 0 Å². The average molecular weight is 361 g/mol. The maximum atomic E-state index is 12.7. The molecule has 1 saturated heterocycles. The van der Waals surface area contributed by atoms with Crippen molar-refractivity contribution in [1.29, 1.82) is 0 Å². The Bertz CT molecular complexity index is 909. The van der Waals surface area contributed by atoms with E-state index < -0.39 is 10.0 Å². The van der Waals surface area contributed by atoms with Gasteiger partial charge < -0.3 is 9.88 Å². The van der Waals surface area contributed by atoms with Crippen LogP contribution < -0.4 is 5.32 Å². The highest BCUT2D eigenvalue weighted by Crippen LogP contribution is 2.27. The summed E-state index contributed by atoms with van der Waals surface area (Å²) < 4.78 is 28.9. The summed E-state index contributed by atoms with van der Waals surface area (Å²) in [6.07, 6.45) is 5.82. The van der Waals surface area contributed by atoms with Crippen molar-refractivity contribution in [2.75, 3.05) is 13.1 Å². The number of carbonyl (C=O) groups is 1. The Morgan fingerprint density at radius 1 is 1.20 bits per heavy atom. The fourth-order valence-corrected chi connectivity index (χ4v) is 4.95. The number of hydrogen-bond acceptors (Lipinski definition) is 3. The number of amides is 1. The van der Waals surface area contributed by atoms with Gasteiger partial charge in [-0.25, -0.2) is 8.42 Å². The molecule has 1 aliphatic carbocycles. The van der Waals surface area contributed by atoms with Crippen molar-refractivity contribution in [3.05, 3.63) is 30.5 Å². The van der Waals surface area contributed by atoms with E-state index in [4.69, 9.17) is 0 Å². The molecule has 134 valence electrons. The molecule has 1 aliphatic heterocycles. The zero-order valence-electron chi connectivity index (χ0n) is 14.3. The first-order valence-corrected chi connectivity index (χ1v) is 10.3. The lowest BCUT2D eigenvalue weighted by Gasteiger charge is -2.17. The van der Waals surface area contributed by atoms with Gasteiger partial charge in [0, 0.05) is 36.2 Å². The molecule has 25 heavy (non-hydrogen) atoms. The number of aromatic nitrogens is 1. The molecular formula is C18H23N3O3S. The van der Waals surface area contributed by atoms with Crippen LogP contribution in [0.5, 0.6) is 0 Å². The lowest BCUT2D eigenvalue weighted by atomic mass is 10.2. The molecule has 7 heteroatoms. The molecule has 2 heterocycles. The SMILES string of the molecule is CC(C(=O)NC1CC1)n1ccc2cc(S(=O)(=O)N3CCCC3)ccc21. The zero-order chi connectivity index (χ0) is 17.6. The van der Waals surface area contributed by atoms with Crippen molar-refractivity contribution in [3.63, 3.8) is 0 Å². The predicted octanol–water partition coefficient (Wildman–Crippen LogP) is 2.27. The van der Waals surface area contributed by atoms with Crippen LogP contribution >= 0.6 is 0 Å². The zero-order valence-corrected chi connectivity index (χ0v) is 15.1. The van der Waals surface area contributed by atoms with E-state index in [2.05, 4.69) is 5.32 Å². The van der Waals surface area contributed by atoms with Gasteiger partial charge in [-0.2, -0.15) is 4.31 Å². The molecule has 2 fully saturated rings. The van der Waals surface area contributed by atoms with Gasteiger partial charge >= 0.3 is 0 Å². The molecule has 0 radical (unpaired) electrons. The van der Waals surface area contributed by atoms with E-state index in [0.29, 0.717) is 24.0 Å². The van der Waals surface area contributed by atoms with Gasteiger partial charge in [-0.15, -0.1) is 0 Å². The number of hydrogen-bond donors (Lipinski definition) is 1. The molecule has 6 nitrogen and oxygen atoms in total. The predicted molar refractivity (Wildman–Crippen MR) is 95.8 cm³/mol. The van der Waals surface area contributed by atoms with Crippen LogP contribution in [0.4, 0.5) is 0 Å². The van der Waals surface area contributed by atoms with Crippen molar-refractivity contribution >= 4 is 26.8 Å². The second kappa shape index (κ2) is 6.14. The van der Waals surface area contributed by atoms with Crippen molar-refractivity contribution < 1.29 is 13.2 Å². The van der Waals surface area contributed by atoms with Gasteiger partial charge in [-0.05, 0) is 56.9 Å². The van der Waals surface area contributed by atoms with Crippen LogP contribution in [0.2, 0.25) is 0 Å². The van der Waals surface area contributed by atoms with Gasteiger partial charge in [0.05, 0.1) is 4.90 Å². The summed E-state index contributed by atoms with van der Waals surface area (Å²) in [5, 5.41) is 3.86. The third-order valence-corrected chi connectivity index (χ3v) is 7.01. The van der Waals surface area contributed by atoms with Crippen LogP contribution in [-0.2, 0) is 14.8 Å². The lowest BCUT2D eigenvalue weighted by Crippen LogP contribution is -2.32. The van der Waals surface area contributed by atoms with E-state index in [-0.39, 0.29) is 11.9 Å². The normalized spacial score (nSPS) is 20.0. The second-order valence-corrected chi connectivity index (χ2v) is 8.95. The van der Waals surface area contributed by atoms with Gasteiger partial charge in [0.1, 0.15) is 6.04 Å². The molecule has 1 unspecified atom stereocenters. The third-order valence-electron chi connectivity index (χ3n) is 5.12. The maximum Gasteiger partial charge on any atom is 0.243 e. The number of rotatable bonds is 5. The summed E-state index contributed by atoms with van der Waals surface area (Å²) in [5.74, 6) is 0.00812. The Labute approximate surface area is 147 Å². The summed E-state index contributed by atoms with van der Waals surface area (Å²) >= 11 is 0. The number of benzene rings is 1. The first-order valence-electron chi connectivity index (χ1n) is 8.88. The first kappa shape index (κ1) is 16.6.